The molecular formula is C8H9N3O3. The number of Topliss-reactive ketones (excluding diaryl/α,β-unsaturated/α-hetero) is 1. The number of aromatic amines is 1. The number of rotatable bonds is 3. The van der Waals surface area contributed by atoms with E-state index in [1.54, 1.807) is 0 Å². The Morgan fingerprint density at radius 2 is 2.36 bits per heavy atom. The van der Waals surface area contributed by atoms with Gasteiger partial charge in [0.05, 0.1) is 11.5 Å². The van der Waals surface area contributed by atoms with Gasteiger partial charge >= 0.3 is 5.82 Å². The minimum Gasteiger partial charge on any atom is -0.358 e. The summed E-state index contributed by atoms with van der Waals surface area (Å²) in [5, 5.41) is 16.5. The van der Waals surface area contributed by atoms with E-state index in [-0.39, 0.29) is 11.6 Å². The van der Waals surface area contributed by atoms with Gasteiger partial charge in [0.2, 0.25) is 0 Å². The van der Waals surface area contributed by atoms with Crippen LogP contribution in [-0.4, -0.2) is 20.9 Å². The second kappa shape index (κ2) is 2.63. The van der Waals surface area contributed by atoms with Crippen molar-refractivity contribution in [2.45, 2.75) is 25.2 Å². The van der Waals surface area contributed by atoms with Crippen molar-refractivity contribution in [3.05, 3.63) is 21.9 Å². The molecule has 1 aromatic rings. The van der Waals surface area contributed by atoms with Gasteiger partial charge in [0.25, 0.3) is 0 Å². The van der Waals surface area contributed by atoms with E-state index in [4.69, 9.17) is 0 Å². The van der Waals surface area contributed by atoms with E-state index >= 15 is 0 Å². The van der Waals surface area contributed by atoms with Crippen LogP contribution in [0.15, 0.2) is 6.07 Å². The smallest absolute Gasteiger partial charge is 0.342 e. The minimum atomic E-state index is -0.549. The highest BCUT2D eigenvalue weighted by molar-refractivity contribution is 5.90. The zero-order chi connectivity index (χ0) is 10.3. The summed E-state index contributed by atoms with van der Waals surface area (Å²) in [6, 6.07) is 1.34. The highest BCUT2D eigenvalue weighted by atomic mass is 16.6. The number of nitro groups is 1. The summed E-state index contributed by atoms with van der Waals surface area (Å²) in [5.41, 5.74) is -0.0400. The molecule has 0 aliphatic heterocycles. The van der Waals surface area contributed by atoms with Crippen molar-refractivity contribution in [2.75, 3.05) is 0 Å². The van der Waals surface area contributed by atoms with E-state index < -0.39 is 10.3 Å². The average Bonchev–Trinajstić information content (AvgIpc) is 2.77. The number of hydrogen-bond donors (Lipinski definition) is 1. The molecule has 0 unspecified atom stereocenters. The van der Waals surface area contributed by atoms with Crippen LogP contribution in [-0.2, 0) is 10.2 Å². The molecule has 6 nitrogen and oxygen atoms in total. The Balaban J connectivity index is 2.34. The second-order valence-electron chi connectivity index (χ2n) is 3.53. The largest absolute Gasteiger partial charge is 0.358 e. The number of ketones is 1. The van der Waals surface area contributed by atoms with Gasteiger partial charge < -0.3 is 10.1 Å². The van der Waals surface area contributed by atoms with E-state index in [0.717, 1.165) is 12.8 Å². The van der Waals surface area contributed by atoms with Crippen LogP contribution in [0.4, 0.5) is 5.82 Å². The molecule has 1 aliphatic carbocycles. The molecule has 14 heavy (non-hydrogen) atoms. The van der Waals surface area contributed by atoms with Crippen molar-refractivity contribution in [1.82, 2.24) is 10.2 Å². The Morgan fingerprint density at radius 3 is 2.71 bits per heavy atom. The zero-order valence-corrected chi connectivity index (χ0v) is 7.61. The molecule has 0 saturated heterocycles. The quantitative estimate of drug-likeness (QED) is 0.574. The van der Waals surface area contributed by atoms with E-state index in [0.29, 0.717) is 5.69 Å². The number of nitrogens with zero attached hydrogens (tertiary/aromatic N) is 2. The molecule has 1 aliphatic rings. The molecule has 0 radical (unpaired) electrons. The fraction of sp³-hybridized carbons (Fsp3) is 0.500. The Hall–Kier alpha value is -1.72. The molecule has 0 spiro atoms. The fourth-order valence-corrected chi connectivity index (χ4v) is 1.56. The van der Waals surface area contributed by atoms with Crippen molar-refractivity contribution in [3.63, 3.8) is 0 Å². The molecule has 6 heteroatoms. The van der Waals surface area contributed by atoms with Gasteiger partial charge in [-0.2, -0.15) is 0 Å². The van der Waals surface area contributed by atoms with Crippen LogP contribution in [0.1, 0.15) is 25.5 Å². The number of carbonyl (C=O) groups is 1. The summed E-state index contributed by atoms with van der Waals surface area (Å²) < 4.78 is 0. The van der Waals surface area contributed by atoms with Gasteiger partial charge in [0, 0.05) is 0 Å². The maximum Gasteiger partial charge on any atom is 0.342 e. The molecule has 0 amide bonds. The fourth-order valence-electron chi connectivity index (χ4n) is 1.56. The van der Waals surface area contributed by atoms with Crippen LogP contribution < -0.4 is 0 Å². The molecule has 0 aromatic carbocycles. The molecular weight excluding hydrogens is 186 g/mol. The molecule has 1 fully saturated rings. The van der Waals surface area contributed by atoms with Crippen molar-refractivity contribution in [1.29, 1.82) is 0 Å². The van der Waals surface area contributed by atoms with E-state index in [2.05, 4.69) is 10.2 Å². The lowest BCUT2D eigenvalue weighted by molar-refractivity contribution is -0.389. The highest BCUT2D eigenvalue weighted by Gasteiger charge is 2.51. The van der Waals surface area contributed by atoms with E-state index in [9.17, 15) is 14.9 Å². The highest BCUT2D eigenvalue weighted by Crippen LogP contribution is 2.48. The van der Waals surface area contributed by atoms with Crippen LogP contribution in [0.5, 0.6) is 0 Å². The van der Waals surface area contributed by atoms with Crippen LogP contribution >= 0.6 is 0 Å². The van der Waals surface area contributed by atoms with Crippen molar-refractivity contribution in [2.24, 2.45) is 0 Å². The Labute approximate surface area is 79.5 Å². The van der Waals surface area contributed by atoms with Crippen LogP contribution in [0.3, 0.4) is 0 Å². The third-order valence-corrected chi connectivity index (χ3v) is 2.68. The van der Waals surface area contributed by atoms with E-state index in [1.165, 1.54) is 13.0 Å². The summed E-state index contributed by atoms with van der Waals surface area (Å²) in [7, 11) is 0. The molecule has 74 valence electrons. The SMILES string of the molecule is CC(=O)C1(c2cc([N+](=O)[O-])[nH]n2)CC1. The van der Waals surface area contributed by atoms with Crippen molar-refractivity contribution >= 4 is 11.6 Å². The Morgan fingerprint density at radius 1 is 1.71 bits per heavy atom. The van der Waals surface area contributed by atoms with Gasteiger partial charge in [-0.05, 0) is 24.7 Å². The van der Waals surface area contributed by atoms with Gasteiger partial charge in [-0.25, -0.2) is 0 Å². The van der Waals surface area contributed by atoms with Gasteiger partial charge in [-0.1, -0.05) is 5.10 Å². The maximum absolute atomic E-state index is 11.3. The first-order valence-electron chi connectivity index (χ1n) is 4.27. The first kappa shape index (κ1) is 8.86. The van der Waals surface area contributed by atoms with Crippen molar-refractivity contribution in [3.8, 4) is 0 Å². The van der Waals surface area contributed by atoms with E-state index in [1.807, 2.05) is 0 Å². The monoisotopic (exact) mass is 195 g/mol. The van der Waals surface area contributed by atoms with Gasteiger partial charge in [-0.15, -0.1) is 5.10 Å². The minimum absolute atomic E-state index is 0.0268. The summed E-state index contributed by atoms with van der Waals surface area (Å²) in [6.07, 6.45) is 1.48. The van der Waals surface area contributed by atoms with Gasteiger partial charge in [0.1, 0.15) is 11.5 Å². The molecule has 1 saturated carbocycles. The molecule has 1 heterocycles. The first-order chi connectivity index (χ1) is 6.56. The number of aromatic nitrogens is 2. The normalized spacial score (nSPS) is 17.8. The predicted octanol–water partition coefficient (Wildman–Crippen LogP) is 0.938. The lowest BCUT2D eigenvalue weighted by Crippen LogP contribution is -2.17. The third kappa shape index (κ3) is 1.11. The third-order valence-electron chi connectivity index (χ3n) is 2.68. The second-order valence-corrected chi connectivity index (χ2v) is 3.53. The lowest BCUT2D eigenvalue weighted by atomic mass is 9.98. The number of carbonyl (C=O) groups excluding carboxylic acids is 1. The topological polar surface area (TPSA) is 88.9 Å². The molecule has 1 aromatic heterocycles. The molecule has 2 rings (SSSR count). The molecule has 0 bridgehead atoms. The number of H-pyrrole nitrogens is 1. The summed E-state index contributed by atoms with van der Waals surface area (Å²) in [4.78, 5) is 21.1. The number of hydrogen-bond acceptors (Lipinski definition) is 4. The summed E-state index contributed by atoms with van der Waals surface area (Å²) >= 11 is 0. The molecule has 1 N–H and O–H groups in total. The van der Waals surface area contributed by atoms with Gasteiger partial charge in [-0.3, -0.25) is 4.79 Å². The van der Waals surface area contributed by atoms with Crippen LogP contribution in [0.25, 0.3) is 0 Å². The van der Waals surface area contributed by atoms with Crippen molar-refractivity contribution < 1.29 is 9.72 Å². The average molecular weight is 195 g/mol. The lowest BCUT2D eigenvalue weighted by Gasteiger charge is -2.03. The van der Waals surface area contributed by atoms with Gasteiger partial charge in [0.15, 0.2) is 0 Å². The Bertz CT molecular complexity index is 406. The molecule has 0 atom stereocenters. The summed E-state index contributed by atoms with van der Waals surface area (Å²) in [6.45, 7) is 1.49. The predicted molar refractivity (Wildman–Crippen MR) is 46.8 cm³/mol. The maximum atomic E-state index is 11.3. The summed E-state index contributed by atoms with van der Waals surface area (Å²) in [5.74, 6) is -0.133. The standard InChI is InChI=1S/C8H9N3O3/c1-5(12)8(2-3-8)6-4-7(10-9-6)11(13)14/h4H,2-3H2,1H3,(H,9,10). The first-order valence-corrected chi connectivity index (χ1v) is 4.27. The zero-order valence-electron chi connectivity index (χ0n) is 7.61. The Kier molecular flexibility index (Phi) is 1.67. The van der Waals surface area contributed by atoms with Crippen LogP contribution in [0, 0.1) is 10.1 Å². The van der Waals surface area contributed by atoms with Crippen LogP contribution in [0.2, 0.25) is 0 Å². The number of nitrogens with one attached hydrogen (secondary N) is 1.